The molecule has 6 atom stereocenters. The molecule has 8 heterocycles. The summed E-state index contributed by atoms with van der Waals surface area (Å²) in [5.74, 6) is 5.23. The number of piperazine rings is 2. The SMILES string of the molecule is C=CC(=O)N1C(c2nc(-c3ccc(Oc4ccccc4)cc3)c3c(N)nccn23)[C@@H]2C[C@H]1CN2C(C)C.C=CC(=O)N1C2C[C@@H](C1c1nc(-c3ccc(Oc4ccccc4)cc3)c3c(N)nccn13)N(C)C2. The van der Waals surface area contributed by atoms with Gasteiger partial charge >= 0.3 is 0 Å². The van der Waals surface area contributed by atoms with E-state index in [0.717, 1.165) is 94.1 Å². The average Bonchev–Trinajstić information content (AvgIpc) is 4.27. The molecule has 4 saturated heterocycles. The van der Waals surface area contributed by atoms with Gasteiger partial charge in [-0.25, -0.2) is 19.9 Å². The van der Waals surface area contributed by atoms with Crippen molar-refractivity contribution >= 4 is 34.5 Å². The van der Waals surface area contributed by atoms with Gasteiger partial charge in [-0.15, -0.1) is 0 Å². The van der Waals surface area contributed by atoms with Crippen molar-refractivity contribution in [2.75, 3.05) is 31.6 Å². The molecule has 0 spiro atoms. The van der Waals surface area contributed by atoms with E-state index in [9.17, 15) is 9.59 Å². The number of benzene rings is 4. The van der Waals surface area contributed by atoms with E-state index in [-0.39, 0.29) is 48.1 Å². The van der Waals surface area contributed by atoms with Crippen molar-refractivity contribution in [3.8, 4) is 45.5 Å². The largest absolute Gasteiger partial charge is 0.457 e. The molecule has 364 valence electrons. The quantitative estimate of drug-likeness (QED) is 0.118. The van der Waals surface area contributed by atoms with Crippen molar-refractivity contribution in [1.82, 2.24) is 48.3 Å². The van der Waals surface area contributed by atoms with Crippen LogP contribution >= 0.6 is 0 Å². The Labute approximate surface area is 417 Å². The topological polar surface area (TPSA) is 178 Å². The number of hydrogen-bond donors (Lipinski definition) is 2. The van der Waals surface area contributed by atoms with Gasteiger partial charge in [0.05, 0.1) is 0 Å². The maximum absolute atomic E-state index is 13.0. The highest BCUT2D eigenvalue weighted by Crippen LogP contribution is 2.48. The molecule has 0 aliphatic carbocycles. The molecule has 4 aliphatic heterocycles. The monoisotopic (exact) mass is 960 g/mol. The number of hydrogen-bond acceptors (Lipinski definition) is 12. The third-order valence-electron chi connectivity index (χ3n) is 14.5. The molecule has 16 nitrogen and oxygen atoms in total. The van der Waals surface area contributed by atoms with E-state index in [2.05, 4.69) is 53.8 Å². The fourth-order valence-corrected chi connectivity index (χ4v) is 11.4. The summed E-state index contributed by atoms with van der Waals surface area (Å²) < 4.78 is 15.9. The van der Waals surface area contributed by atoms with Crippen LogP contribution in [0.2, 0.25) is 0 Å². The lowest BCUT2D eigenvalue weighted by Gasteiger charge is -2.41. The van der Waals surface area contributed by atoms with E-state index in [4.69, 9.17) is 30.9 Å². The minimum absolute atomic E-state index is 0.0661. The normalized spacial score (nSPS) is 21.3. The predicted molar refractivity (Wildman–Crippen MR) is 277 cm³/mol. The number of amides is 2. The first-order chi connectivity index (χ1) is 35.0. The Kier molecular flexibility index (Phi) is 12.0. The first-order valence-corrected chi connectivity index (χ1v) is 24.3. The van der Waals surface area contributed by atoms with Crippen molar-refractivity contribution in [1.29, 1.82) is 0 Å². The zero-order chi connectivity index (χ0) is 49.8. The summed E-state index contributed by atoms with van der Waals surface area (Å²) in [6, 6.07) is 35.5. The van der Waals surface area contributed by atoms with Gasteiger partial charge in [0.15, 0.2) is 0 Å². The van der Waals surface area contributed by atoms with Crippen LogP contribution in [0.5, 0.6) is 23.0 Å². The molecule has 4 aromatic heterocycles. The number of para-hydroxylation sites is 2. The number of carbonyl (C=O) groups excluding carboxylic acids is 2. The molecular weight excluding hydrogens is 905 g/mol. The van der Waals surface area contributed by atoms with Gasteiger partial charge in [0.25, 0.3) is 0 Å². The molecule has 12 rings (SSSR count). The molecule has 4 bridgehead atoms. The predicted octanol–water partition coefficient (Wildman–Crippen LogP) is 8.60. The molecule has 4 N–H and O–H groups in total. The number of rotatable bonds is 11. The minimum atomic E-state index is -0.213. The van der Waals surface area contributed by atoms with Crippen molar-refractivity contribution in [2.45, 2.75) is 69.0 Å². The molecule has 2 amide bonds. The number of nitrogen functional groups attached to an aromatic ring is 2. The van der Waals surface area contributed by atoms with Gasteiger partial charge in [0.1, 0.15) is 80.8 Å². The lowest BCUT2D eigenvalue weighted by Crippen LogP contribution is -2.52. The summed E-state index contributed by atoms with van der Waals surface area (Å²) in [5, 5.41) is 0. The molecule has 0 saturated carbocycles. The Morgan fingerprint density at radius 1 is 0.611 bits per heavy atom. The van der Waals surface area contributed by atoms with Gasteiger partial charge in [-0.05, 0) is 119 Å². The molecule has 3 unspecified atom stereocenters. The Balaban J connectivity index is 0.000000156. The molecular formula is C56H56N12O4. The maximum Gasteiger partial charge on any atom is 0.246 e. The van der Waals surface area contributed by atoms with Gasteiger partial charge in [-0.1, -0.05) is 49.6 Å². The second-order valence-corrected chi connectivity index (χ2v) is 19.0. The van der Waals surface area contributed by atoms with Crippen LogP contribution in [0.15, 0.2) is 159 Å². The molecule has 16 heteroatoms. The number of ether oxygens (including phenoxy) is 2. The maximum atomic E-state index is 13.0. The van der Waals surface area contributed by atoms with E-state index in [0.29, 0.717) is 17.7 Å². The summed E-state index contributed by atoms with van der Waals surface area (Å²) in [5.41, 5.74) is 17.5. The zero-order valence-corrected chi connectivity index (χ0v) is 40.4. The second-order valence-electron chi connectivity index (χ2n) is 19.0. The summed E-state index contributed by atoms with van der Waals surface area (Å²) in [7, 11) is 2.10. The number of likely N-dealkylation sites (tertiary alicyclic amines) is 4. The average molecular weight is 961 g/mol. The lowest BCUT2D eigenvalue weighted by atomic mass is 10.1. The highest BCUT2D eigenvalue weighted by molar-refractivity contribution is 5.90. The summed E-state index contributed by atoms with van der Waals surface area (Å²) in [4.78, 5) is 53.5. The number of imidazole rings is 2. The molecule has 72 heavy (non-hydrogen) atoms. The molecule has 4 aromatic carbocycles. The zero-order valence-electron chi connectivity index (χ0n) is 40.4. The van der Waals surface area contributed by atoms with Gasteiger partial charge in [0, 0.05) is 79.2 Å². The van der Waals surface area contributed by atoms with Crippen LogP contribution in [-0.2, 0) is 9.59 Å². The number of carbonyl (C=O) groups is 2. The Morgan fingerprint density at radius 3 is 1.47 bits per heavy atom. The number of aromatic nitrogens is 6. The van der Waals surface area contributed by atoms with Crippen LogP contribution in [0.25, 0.3) is 33.5 Å². The molecule has 4 aliphatic rings. The highest BCUT2D eigenvalue weighted by Gasteiger charge is 2.55. The third kappa shape index (κ3) is 8.07. The minimum Gasteiger partial charge on any atom is -0.457 e. The molecule has 0 radical (unpaired) electrons. The van der Waals surface area contributed by atoms with Crippen LogP contribution in [0.3, 0.4) is 0 Å². The molecule has 4 fully saturated rings. The van der Waals surface area contributed by atoms with Crippen molar-refractivity contribution in [3.63, 3.8) is 0 Å². The first-order valence-electron chi connectivity index (χ1n) is 24.3. The third-order valence-corrected chi connectivity index (χ3v) is 14.5. The number of fused-ring (bicyclic) bond motifs is 6. The van der Waals surface area contributed by atoms with Crippen LogP contribution in [0.4, 0.5) is 11.6 Å². The van der Waals surface area contributed by atoms with Crippen molar-refractivity contribution < 1.29 is 19.1 Å². The summed E-state index contributed by atoms with van der Waals surface area (Å²) in [6.07, 6.45) is 11.7. The number of anilines is 2. The van der Waals surface area contributed by atoms with Gasteiger partial charge < -0.3 is 30.7 Å². The lowest BCUT2D eigenvalue weighted by molar-refractivity contribution is -0.132. The van der Waals surface area contributed by atoms with Gasteiger partial charge in [-0.3, -0.25) is 28.2 Å². The van der Waals surface area contributed by atoms with Gasteiger partial charge in [-0.2, -0.15) is 0 Å². The van der Waals surface area contributed by atoms with E-state index in [1.54, 1.807) is 12.4 Å². The number of nitrogens with two attached hydrogens (primary N) is 2. The highest BCUT2D eigenvalue weighted by atomic mass is 16.5. The molecule has 8 aromatic rings. The standard InChI is InChI=1S/C29H30N6O2.C27H26N6O2/c1-4-24(36)35-20-16-23(34(17-20)18(2)3)26(35)29-32-25(27-28(30)31-14-15-33(27)29)19-10-12-22(13-11-19)37-21-8-6-5-7-9-21;1-3-22(34)33-18-15-21(31(2)16-18)24(33)27-30-23(25-26(28)29-13-14-32(25)27)17-9-11-20(12-10-17)35-19-7-5-4-6-8-19/h4-15,18,20,23,26H,1,16-17H2,2-3H3,(H2,30,31);3-14,18,21,24H,1,15-16H2,2H3,(H2,28,29)/t20-,23-,26?;18?,21-,24?/m00/s1. The van der Waals surface area contributed by atoms with E-state index >= 15 is 0 Å². The Bertz CT molecular complexity index is 3320. The second kappa shape index (κ2) is 18.8. The summed E-state index contributed by atoms with van der Waals surface area (Å²) in [6.45, 7) is 13.6. The van der Waals surface area contributed by atoms with Crippen LogP contribution in [0.1, 0.15) is 50.4 Å². The van der Waals surface area contributed by atoms with E-state index in [1.165, 1.54) is 12.2 Å². The fourth-order valence-electron chi connectivity index (χ4n) is 11.4. The van der Waals surface area contributed by atoms with Crippen molar-refractivity contribution in [2.24, 2.45) is 0 Å². The van der Waals surface area contributed by atoms with E-state index in [1.807, 2.05) is 140 Å². The fraction of sp³-hybridized carbons (Fsp3) is 0.250. The first kappa shape index (κ1) is 46.1. The number of nitrogens with zero attached hydrogens (tertiary/aromatic N) is 10. The van der Waals surface area contributed by atoms with E-state index < -0.39 is 0 Å². The number of likely N-dealkylation sites (N-methyl/N-ethyl adjacent to an activating group) is 1. The van der Waals surface area contributed by atoms with Crippen LogP contribution in [0, 0.1) is 0 Å². The van der Waals surface area contributed by atoms with Gasteiger partial charge in [0.2, 0.25) is 11.8 Å². The van der Waals surface area contributed by atoms with Crippen molar-refractivity contribution in [3.05, 3.63) is 171 Å². The van der Waals surface area contributed by atoms with Crippen LogP contribution < -0.4 is 20.9 Å². The smallest absolute Gasteiger partial charge is 0.246 e. The Morgan fingerprint density at radius 2 is 1.03 bits per heavy atom. The van der Waals surface area contributed by atoms with Crippen LogP contribution in [-0.4, -0.2) is 110 Å². The Hall–Kier alpha value is -8.34. The summed E-state index contributed by atoms with van der Waals surface area (Å²) >= 11 is 0.